The zero-order valence-electron chi connectivity index (χ0n) is 11.4. The molecular weight excluding hydrogens is 280 g/mol. The molecule has 0 spiro atoms. The number of thiazole rings is 1. The molecule has 0 bridgehead atoms. The molecule has 2 aromatic rings. The van der Waals surface area contributed by atoms with Crippen molar-refractivity contribution in [1.82, 2.24) is 14.3 Å². The minimum atomic E-state index is -0.359. The Labute approximate surface area is 122 Å². The molecule has 0 aliphatic rings. The molecule has 0 aliphatic heterocycles. The van der Waals surface area contributed by atoms with Gasteiger partial charge >= 0.3 is 0 Å². The van der Waals surface area contributed by atoms with Crippen LogP contribution in [-0.4, -0.2) is 27.9 Å². The maximum atomic E-state index is 9.49. The number of aryl methyl sites for hydroxylation is 1. The highest BCUT2D eigenvalue weighted by atomic mass is 35.5. The fourth-order valence-electron chi connectivity index (χ4n) is 2.14. The standard InChI is InChI=1S/C13H17ClN4S/c1-4-5-6-17(3)10(7-15)11-12(14)16-13-18(11)9(2)8-19-13/h8,10H,4-6H2,1-3H3. The van der Waals surface area contributed by atoms with Gasteiger partial charge < -0.3 is 0 Å². The molecular formula is C13H17ClN4S. The van der Waals surface area contributed by atoms with E-state index < -0.39 is 0 Å². The molecule has 0 aliphatic carbocycles. The van der Waals surface area contributed by atoms with Gasteiger partial charge in [0, 0.05) is 11.1 Å². The highest BCUT2D eigenvalue weighted by molar-refractivity contribution is 7.15. The Morgan fingerprint density at radius 3 is 3.00 bits per heavy atom. The van der Waals surface area contributed by atoms with E-state index in [-0.39, 0.29) is 6.04 Å². The van der Waals surface area contributed by atoms with Gasteiger partial charge in [0.05, 0.1) is 11.8 Å². The molecule has 2 heterocycles. The molecule has 0 saturated carbocycles. The van der Waals surface area contributed by atoms with Crippen molar-refractivity contribution in [2.45, 2.75) is 32.7 Å². The third-order valence-electron chi connectivity index (χ3n) is 3.21. The van der Waals surface area contributed by atoms with Crippen molar-refractivity contribution in [1.29, 1.82) is 5.26 Å². The number of halogens is 1. The molecule has 0 aromatic carbocycles. The van der Waals surface area contributed by atoms with E-state index in [1.165, 1.54) is 0 Å². The quantitative estimate of drug-likeness (QED) is 0.846. The first-order valence-electron chi connectivity index (χ1n) is 6.32. The summed E-state index contributed by atoms with van der Waals surface area (Å²) in [5.74, 6) is 0. The third kappa shape index (κ3) is 2.62. The van der Waals surface area contributed by atoms with Crippen molar-refractivity contribution in [3.8, 4) is 6.07 Å². The normalized spacial score (nSPS) is 13.1. The number of hydrogen-bond acceptors (Lipinski definition) is 4. The van der Waals surface area contributed by atoms with Gasteiger partial charge in [-0.25, -0.2) is 4.98 Å². The Kier molecular flexibility index (Phi) is 4.46. The summed E-state index contributed by atoms with van der Waals surface area (Å²) in [5.41, 5.74) is 1.86. The van der Waals surface area contributed by atoms with Gasteiger partial charge in [0.2, 0.25) is 0 Å². The Morgan fingerprint density at radius 2 is 2.37 bits per heavy atom. The topological polar surface area (TPSA) is 44.3 Å². The van der Waals surface area contributed by atoms with Crippen molar-refractivity contribution < 1.29 is 0 Å². The molecule has 4 nitrogen and oxygen atoms in total. The zero-order valence-corrected chi connectivity index (χ0v) is 12.9. The van der Waals surface area contributed by atoms with E-state index in [2.05, 4.69) is 18.0 Å². The molecule has 0 fully saturated rings. The van der Waals surface area contributed by atoms with Gasteiger partial charge in [0.1, 0.15) is 6.04 Å². The van der Waals surface area contributed by atoms with E-state index in [0.717, 1.165) is 35.7 Å². The number of aromatic nitrogens is 2. The van der Waals surface area contributed by atoms with Gasteiger partial charge in [0.25, 0.3) is 0 Å². The zero-order chi connectivity index (χ0) is 14.0. The monoisotopic (exact) mass is 296 g/mol. The number of nitriles is 1. The molecule has 0 radical (unpaired) electrons. The van der Waals surface area contributed by atoms with Crippen LogP contribution in [0.5, 0.6) is 0 Å². The average Bonchev–Trinajstić information content (AvgIpc) is 2.89. The van der Waals surface area contributed by atoms with Crippen molar-refractivity contribution >= 4 is 27.9 Å². The fourth-order valence-corrected chi connectivity index (χ4v) is 3.33. The van der Waals surface area contributed by atoms with Crippen molar-refractivity contribution in [3.63, 3.8) is 0 Å². The Hall–Kier alpha value is -1.09. The molecule has 0 saturated heterocycles. The van der Waals surface area contributed by atoms with E-state index in [4.69, 9.17) is 11.6 Å². The number of imidazole rings is 1. The van der Waals surface area contributed by atoms with Crippen molar-refractivity contribution in [3.05, 3.63) is 21.9 Å². The lowest BCUT2D eigenvalue weighted by Gasteiger charge is -2.22. The first kappa shape index (κ1) is 14.3. The van der Waals surface area contributed by atoms with Gasteiger partial charge in [-0.2, -0.15) is 5.26 Å². The van der Waals surface area contributed by atoms with Crippen LogP contribution in [0.4, 0.5) is 0 Å². The van der Waals surface area contributed by atoms with E-state index in [1.54, 1.807) is 11.3 Å². The van der Waals surface area contributed by atoms with Crippen LogP contribution < -0.4 is 0 Å². The fraction of sp³-hybridized carbons (Fsp3) is 0.538. The largest absolute Gasteiger partial charge is 0.288 e. The molecule has 0 amide bonds. The second-order valence-corrected chi connectivity index (χ2v) is 5.84. The lowest BCUT2D eigenvalue weighted by atomic mass is 10.2. The number of fused-ring (bicyclic) bond motifs is 1. The maximum Gasteiger partial charge on any atom is 0.195 e. The molecule has 102 valence electrons. The van der Waals surface area contributed by atoms with Crippen LogP contribution in [0.1, 0.15) is 37.2 Å². The summed E-state index contributed by atoms with van der Waals surface area (Å²) in [5, 5.41) is 12.0. The highest BCUT2D eigenvalue weighted by Gasteiger charge is 2.25. The summed E-state index contributed by atoms with van der Waals surface area (Å²) in [6.07, 6.45) is 2.17. The number of hydrogen-bond donors (Lipinski definition) is 0. The van der Waals surface area contributed by atoms with Gasteiger partial charge in [-0.1, -0.05) is 24.9 Å². The van der Waals surface area contributed by atoms with Gasteiger partial charge in [0.15, 0.2) is 10.1 Å². The SMILES string of the molecule is CCCCN(C)C(C#N)c1c(Cl)nc2scc(C)n12. The summed E-state index contributed by atoms with van der Waals surface area (Å²) < 4.78 is 1.99. The Bertz CT molecular complexity index is 610. The van der Waals surface area contributed by atoms with Crippen LogP contribution in [0.3, 0.4) is 0 Å². The van der Waals surface area contributed by atoms with Crippen LogP contribution in [0, 0.1) is 18.3 Å². The van der Waals surface area contributed by atoms with Crippen LogP contribution >= 0.6 is 22.9 Å². The van der Waals surface area contributed by atoms with E-state index in [1.807, 2.05) is 28.7 Å². The molecule has 1 atom stereocenters. The molecule has 19 heavy (non-hydrogen) atoms. The third-order valence-corrected chi connectivity index (χ3v) is 4.43. The van der Waals surface area contributed by atoms with Crippen LogP contribution in [-0.2, 0) is 0 Å². The summed E-state index contributed by atoms with van der Waals surface area (Å²) in [6, 6.07) is 1.99. The predicted octanol–water partition coefficient (Wildman–Crippen LogP) is 3.65. The van der Waals surface area contributed by atoms with E-state index in [0.29, 0.717) is 5.15 Å². The summed E-state index contributed by atoms with van der Waals surface area (Å²) in [4.78, 5) is 7.22. The second kappa shape index (κ2) is 5.91. The molecule has 0 N–H and O–H groups in total. The van der Waals surface area contributed by atoms with Crippen molar-refractivity contribution in [2.75, 3.05) is 13.6 Å². The van der Waals surface area contributed by atoms with Crippen LogP contribution in [0.15, 0.2) is 5.38 Å². The minimum absolute atomic E-state index is 0.359. The number of nitrogens with zero attached hydrogens (tertiary/aromatic N) is 4. The molecule has 2 aromatic heterocycles. The van der Waals surface area contributed by atoms with E-state index in [9.17, 15) is 5.26 Å². The van der Waals surface area contributed by atoms with Crippen LogP contribution in [0.25, 0.3) is 4.96 Å². The lowest BCUT2D eigenvalue weighted by molar-refractivity contribution is 0.281. The molecule has 6 heteroatoms. The average molecular weight is 297 g/mol. The smallest absolute Gasteiger partial charge is 0.195 e. The first-order valence-corrected chi connectivity index (χ1v) is 7.57. The summed E-state index contributed by atoms with van der Waals surface area (Å²) in [7, 11) is 1.96. The van der Waals surface area contributed by atoms with E-state index >= 15 is 0 Å². The summed E-state index contributed by atoms with van der Waals surface area (Å²) >= 11 is 7.78. The Balaban J connectivity index is 2.43. The van der Waals surface area contributed by atoms with Gasteiger partial charge in [-0.3, -0.25) is 9.30 Å². The first-order chi connectivity index (χ1) is 9.10. The Morgan fingerprint density at radius 1 is 1.63 bits per heavy atom. The van der Waals surface area contributed by atoms with Crippen LogP contribution in [0.2, 0.25) is 5.15 Å². The predicted molar refractivity (Wildman–Crippen MR) is 78.7 cm³/mol. The number of rotatable bonds is 5. The molecule has 2 rings (SSSR count). The van der Waals surface area contributed by atoms with Crippen molar-refractivity contribution in [2.24, 2.45) is 0 Å². The molecule has 1 unspecified atom stereocenters. The van der Waals surface area contributed by atoms with Gasteiger partial charge in [-0.15, -0.1) is 11.3 Å². The minimum Gasteiger partial charge on any atom is -0.288 e. The second-order valence-electron chi connectivity index (χ2n) is 4.65. The highest BCUT2D eigenvalue weighted by Crippen LogP contribution is 2.31. The lowest BCUT2D eigenvalue weighted by Crippen LogP contribution is -2.26. The number of unbranched alkanes of at least 4 members (excludes halogenated alkanes) is 1. The maximum absolute atomic E-state index is 9.49. The summed E-state index contributed by atoms with van der Waals surface area (Å²) in [6.45, 7) is 5.02. The van der Waals surface area contributed by atoms with Gasteiger partial charge in [-0.05, 0) is 26.9 Å².